The molecule has 92 valence electrons. The fourth-order valence-corrected chi connectivity index (χ4v) is 1.96. The lowest BCUT2D eigenvalue weighted by Crippen LogP contribution is -2.36. The number of anilines is 1. The van der Waals surface area contributed by atoms with Crippen molar-refractivity contribution < 1.29 is 13.9 Å². The first kappa shape index (κ1) is 11.1. The first-order chi connectivity index (χ1) is 8.57. The molecule has 0 radical (unpaired) electrons. The summed E-state index contributed by atoms with van der Waals surface area (Å²) in [5, 5.41) is 2.55. The van der Waals surface area contributed by atoms with Crippen LogP contribution in [0.15, 0.2) is 18.2 Å². The number of cyclic esters (lactones) is 1. The monoisotopic (exact) mass is 245 g/mol. The van der Waals surface area contributed by atoms with Crippen molar-refractivity contribution in [3.63, 3.8) is 0 Å². The summed E-state index contributed by atoms with van der Waals surface area (Å²) < 4.78 is 18.6. The van der Waals surface area contributed by atoms with Gasteiger partial charge >= 0.3 is 6.09 Å². The van der Waals surface area contributed by atoms with Crippen molar-refractivity contribution in [1.82, 2.24) is 0 Å². The first-order valence-corrected chi connectivity index (χ1v) is 5.89. The van der Waals surface area contributed by atoms with E-state index in [-0.39, 0.29) is 5.82 Å². The van der Waals surface area contributed by atoms with Gasteiger partial charge in [-0.15, -0.1) is 0 Å². The van der Waals surface area contributed by atoms with Crippen molar-refractivity contribution in [3.8, 4) is 11.8 Å². The highest BCUT2D eigenvalue weighted by molar-refractivity contribution is 5.89. The summed E-state index contributed by atoms with van der Waals surface area (Å²) in [4.78, 5) is 11.5. The summed E-state index contributed by atoms with van der Waals surface area (Å²) >= 11 is 0. The van der Waals surface area contributed by atoms with Gasteiger partial charge in [-0.1, -0.05) is 11.8 Å². The summed E-state index contributed by atoms with van der Waals surface area (Å²) in [5.74, 6) is 6.07. The summed E-state index contributed by atoms with van der Waals surface area (Å²) in [6.45, 7) is 1.69. The summed E-state index contributed by atoms with van der Waals surface area (Å²) in [6, 6.07) is 4.19. The third-order valence-corrected chi connectivity index (χ3v) is 3.12. The van der Waals surface area contributed by atoms with Crippen LogP contribution in [-0.2, 0) is 10.3 Å². The van der Waals surface area contributed by atoms with E-state index in [2.05, 4.69) is 17.2 Å². The highest BCUT2D eigenvalue weighted by Gasteiger charge is 2.37. The Kier molecular flexibility index (Phi) is 2.30. The minimum Gasteiger partial charge on any atom is -0.425 e. The average molecular weight is 245 g/mol. The van der Waals surface area contributed by atoms with Crippen molar-refractivity contribution >= 4 is 11.8 Å². The van der Waals surface area contributed by atoms with Crippen LogP contribution >= 0.6 is 0 Å². The van der Waals surface area contributed by atoms with Gasteiger partial charge in [0, 0.05) is 11.5 Å². The van der Waals surface area contributed by atoms with E-state index in [9.17, 15) is 9.18 Å². The zero-order valence-electron chi connectivity index (χ0n) is 9.92. The molecule has 1 aliphatic carbocycles. The third-order valence-electron chi connectivity index (χ3n) is 3.12. The Balaban J connectivity index is 2.07. The van der Waals surface area contributed by atoms with E-state index >= 15 is 0 Å². The fourth-order valence-electron chi connectivity index (χ4n) is 1.96. The molecule has 1 aromatic carbocycles. The van der Waals surface area contributed by atoms with Gasteiger partial charge in [0.15, 0.2) is 5.60 Å². The van der Waals surface area contributed by atoms with Gasteiger partial charge in [-0.3, -0.25) is 5.32 Å². The molecule has 0 spiro atoms. The van der Waals surface area contributed by atoms with Gasteiger partial charge in [-0.25, -0.2) is 9.18 Å². The van der Waals surface area contributed by atoms with E-state index in [1.807, 2.05) is 0 Å². The van der Waals surface area contributed by atoms with Crippen LogP contribution in [0.3, 0.4) is 0 Å². The van der Waals surface area contributed by atoms with Crippen LogP contribution in [0.2, 0.25) is 0 Å². The molecule has 1 atom stereocenters. The van der Waals surface area contributed by atoms with Crippen LogP contribution in [0.5, 0.6) is 0 Å². The molecule has 3 nitrogen and oxygen atoms in total. The van der Waals surface area contributed by atoms with Gasteiger partial charge < -0.3 is 4.74 Å². The predicted octanol–water partition coefficient (Wildman–Crippen LogP) is 3.02. The molecule has 1 aromatic rings. The Labute approximate surface area is 104 Å². The summed E-state index contributed by atoms with van der Waals surface area (Å²) in [5.41, 5.74) is 0.0537. The number of carbonyl (C=O) groups is 1. The number of nitrogens with one attached hydrogen (secondary N) is 1. The number of ether oxygens (including phenoxy) is 1. The number of rotatable bonds is 0. The zero-order valence-corrected chi connectivity index (χ0v) is 9.92. The summed E-state index contributed by atoms with van der Waals surface area (Å²) in [7, 11) is 0. The fraction of sp³-hybridized carbons (Fsp3) is 0.357. The lowest BCUT2D eigenvalue weighted by Gasteiger charge is -2.31. The van der Waals surface area contributed by atoms with E-state index in [1.54, 1.807) is 6.92 Å². The minimum atomic E-state index is -1.07. The lowest BCUT2D eigenvalue weighted by molar-refractivity contribution is 0.0711. The lowest BCUT2D eigenvalue weighted by atomic mass is 9.93. The maximum atomic E-state index is 13.3. The highest BCUT2D eigenvalue weighted by atomic mass is 19.1. The molecule has 1 fully saturated rings. The molecule has 0 bridgehead atoms. The molecular weight excluding hydrogens is 233 g/mol. The number of hydrogen-bond donors (Lipinski definition) is 1. The quantitative estimate of drug-likeness (QED) is 0.713. The van der Waals surface area contributed by atoms with Crippen LogP contribution < -0.4 is 5.32 Å². The van der Waals surface area contributed by atoms with Crippen LogP contribution in [-0.4, -0.2) is 6.09 Å². The molecule has 0 aromatic heterocycles. The predicted molar refractivity (Wildman–Crippen MR) is 64.4 cm³/mol. The third kappa shape index (κ3) is 1.92. The molecular formula is C14H12FNO2. The van der Waals surface area contributed by atoms with Crippen LogP contribution in [0, 0.1) is 23.6 Å². The molecule has 1 saturated carbocycles. The number of amides is 1. The van der Waals surface area contributed by atoms with E-state index in [4.69, 9.17) is 4.74 Å². The number of halogens is 1. The van der Waals surface area contributed by atoms with Crippen molar-refractivity contribution in [2.75, 3.05) is 5.32 Å². The highest BCUT2D eigenvalue weighted by Crippen LogP contribution is 2.36. The van der Waals surface area contributed by atoms with E-state index in [1.165, 1.54) is 18.2 Å². The Morgan fingerprint density at radius 1 is 1.50 bits per heavy atom. The van der Waals surface area contributed by atoms with Crippen molar-refractivity contribution in [2.45, 2.75) is 25.4 Å². The average Bonchev–Trinajstić information content (AvgIpc) is 3.12. The maximum Gasteiger partial charge on any atom is 0.413 e. The number of carbonyl (C=O) groups excluding carboxylic acids is 1. The topological polar surface area (TPSA) is 38.3 Å². The number of benzene rings is 1. The summed E-state index contributed by atoms with van der Waals surface area (Å²) in [6.07, 6.45) is 1.62. The standard InChI is InChI=1S/C14H12FNO2/c1-14(7-6-9-2-3-9)11-8-10(15)4-5-12(11)16-13(17)18-14/h4-5,8-9H,2-3H2,1H3,(H,16,17)/t14-/m0/s1. The largest absolute Gasteiger partial charge is 0.425 e. The second-order valence-electron chi connectivity index (χ2n) is 4.78. The van der Waals surface area contributed by atoms with E-state index in [0.717, 1.165) is 12.8 Å². The van der Waals surface area contributed by atoms with Gasteiger partial charge in [0.1, 0.15) is 5.82 Å². The molecule has 1 amide bonds. The molecule has 1 aliphatic heterocycles. The number of fused-ring (bicyclic) bond motifs is 1. The second-order valence-corrected chi connectivity index (χ2v) is 4.78. The molecule has 2 aliphatic rings. The Morgan fingerprint density at radius 2 is 2.28 bits per heavy atom. The van der Waals surface area contributed by atoms with Gasteiger partial charge in [0.05, 0.1) is 5.69 Å². The molecule has 4 heteroatoms. The molecule has 1 heterocycles. The van der Waals surface area contributed by atoms with Crippen molar-refractivity contribution in [1.29, 1.82) is 0 Å². The van der Waals surface area contributed by atoms with Crippen molar-refractivity contribution in [2.24, 2.45) is 5.92 Å². The normalized spacial score (nSPS) is 25.3. The van der Waals surface area contributed by atoms with Gasteiger partial charge in [-0.05, 0) is 38.0 Å². The Morgan fingerprint density at radius 3 is 3.00 bits per heavy atom. The second kappa shape index (κ2) is 3.74. The minimum absolute atomic E-state index is 0.368. The van der Waals surface area contributed by atoms with Crippen LogP contribution in [0.1, 0.15) is 25.3 Å². The molecule has 0 unspecified atom stereocenters. The smallest absolute Gasteiger partial charge is 0.413 e. The molecule has 0 saturated heterocycles. The van der Waals surface area contributed by atoms with Gasteiger partial charge in [-0.2, -0.15) is 0 Å². The number of hydrogen-bond acceptors (Lipinski definition) is 2. The first-order valence-electron chi connectivity index (χ1n) is 5.89. The molecule has 18 heavy (non-hydrogen) atoms. The van der Waals surface area contributed by atoms with E-state index in [0.29, 0.717) is 17.2 Å². The van der Waals surface area contributed by atoms with Crippen molar-refractivity contribution in [3.05, 3.63) is 29.6 Å². The van der Waals surface area contributed by atoms with E-state index < -0.39 is 11.7 Å². The van der Waals surface area contributed by atoms with Gasteiger partial charge in [0.2, 0.25) is 0 Å². The van der Waals surface area contributed by atoms with Gasteiger partial charge in [0.25, 0.3) is 0 Å². The SMILES string of the molecule is C[C@@]1(C#CC2CC2)OC(=O)Nc2ccc(F)cc21. The Bertz CT molecular complexity index is 583. The molecule has 1 N–H and O–H groups in total. The van der Waals surface area contributed by atoms with Crippen LogP contribution in [0.4, 0.5) is 14.9 Å². The zero-order chi connectivity index (χ0) is 12.8. The Hall–Kier alpha value is -2.02. The molecule has 3 rings (SSSR count). The van der Waals surface area contributed by atoms with Crippen LogP contribution in [0.25, 0.3) is 0 Å². The maximum absolute atomic E-state index is 13.3.